The summed E-state index contributed by atoms with van der Waals surface area (Å²) in [4.78, 5) is 16.8. The average molecular weight is 373 g/mol. The molecule has 3 rings (SSSR count). The summed E-state index contributed by atoms with van der Waals surface area (Å²) >= 11 is 12.1. The molecule has 0 aliphatic rings. The number of hydrogen-bond donors (Lipinski definition) is 0. The van der Waals surface area contributed by atoms with Crippen LogP contribution in [0.5, 0.6) is 0 Å². The molecule has 0 bridgehead atoms. The van der Waals surface area contributed by atoms with Crippen molar-refractivity contribution in [1.29, 1.82) is 0 Å². The van der Waals surface area contributed by atoms with Gasteiger partial charge < -0.3 is 4.57 Å². The topological polar surface area (TPSA) is 39.3 Å². The van der Waals surface area contributed by atoms with Gasteiger partial charge in [0, 0.05) is 34.7 Å². The van der Waals surface area contributed by atoms with Crippen molar-refractivity contribution in [3.8, 4) is 0 Å². The van der Waals surface area contributed by atoms with Crippen LogP contribution >= 0.6 is 35.6 Å². The van der Waals surface area contributed by atoms with Gasteiger partial charge in [0.15, 0.2) is 0 Å². The predicted octanol–water partition coefficient (Wildman–Crippen LogP) is 4.08. The second kappa shape index (κ2) is 6.95. The molecule has 122 valence electrons. The van der Waals surface area contributed by atoms with Gasteiger partial charge in [-0.1, -0.05) is 29.3 Å². The maximum absolute atomic E-state index is 12.5. The Kier molecular flexibility index (Phi) is 5.40. The molecule has 7 heteroatoms. The molecule has 0 amide bonds. The van der Waals surface area contributed by atoms with Gasteiger partial charge in [0.05, 0.1) is 5.69 Å². The first-order chi connectivity index (χ1) is 10.5. The van der Waals surface area contributed by atoms with E-state index < -0.39 is 0 Å². The molecule has 23 heavy (non-hydrogen) atoms. The Morgan fingerprint density at radius 1 is 1.17 bits per heavy atom. The molecule has 0 unspecified atom stereocenters. The molecule has 0 N–H and O–H groups in total. The third-order valence-corrected chi connectivity index (χ3v) is 4.46. The number of rotatable bonds is 3. The number of benzene rings is 1. The van der Waals surface area contributed by atoms with Crippen LogP contribution in [0.4, 0.5) is 0 Å². The third-order valence-electron chi connectivity index (χ3n) is 3.87. The van der Waals surface area contributed by atoms with E-state index in [9.17, 15) is 4.79 Å². The molecule has 1 aromatic carbocycles. The quantitative estimate of drug-likeness (QED) is 0.695. The maximum Gasteiger partial charge on any atom is 0.294 e. The minimum atomic E-state index is -0.0937. The van der Waals surface area contributed by atoms with Crippen molar-refractivity contribution in [2.24, 2.45) is 0 Å². The number of halogens is 3. The Hall–Kier alpha value is -1.49. The smallest absolute Gasteiger partial charge is 0.294 e. The maximum atomic E-state index is 12.5. The summed E-state index contributed by atoms with van der Waals surface area (Å²) in [5.41, 5.74) is 3.19. The minimum Gasteiger partial charge on any atom is -0.311 e. The molecule has 0 aliphatic heterocycles. The van der Waals surface area contributed by atoms with E-state index in [1.54, 1.807) is 22.9 Å². The van der Waals surface area contributed by atoms with Crippen molar-refractivity contribution in [1.82, 2.24) is 14.0 Å². The highest BCUT2D eigenvalue weighted by Crippen LogP contribution is 2.21. The van der Waals surface area contributed by atoms with Gasteiger partial charge in [0.25, 0.3) is 5.56 Å². The first-order valence-electron chi connectivity index (χ1n) is 6.96. The van der Waals surface area contributed by atoms with Crippen molar-refractivity contribution in [2.45, 2.75) is 26.8 Å². The number of aromatic nitrogens is 3. The molecule has 2 heterocycles. The fourth-order valence-electron chi connectivity index (χ4n) is 2.44. The highest BCUT2D eigenvalue weighted by molar-refractivity contribution is 6.35. The van der Waals surface area contributed by atoms with Crippen LogP contribution in [-0.2, 0) is 13.0 Å². The van der Waals surface area contributed by atoms with Gasteiger partial charge in [-0.05, 0) is 38.0 Å². The molecule has 0 radical (unpaired) electrons. The predicted molar refractivity (Wildman–Crippen MR) is 96.3 cm³/mol. The lowest BCUT2D eigenvalue weighted by Gasteiger charge is -2.08. The molecular formula is C16H16Cl3N3O. The average Bonchev–Trinajstić information content (AvgIpc) is 2.77. The van der Waals surface area contributed by atoms with Gasteiger partial charge in [-0.2, -0.15) is 0 Å². The highest BCUT2D eigenvalue weighted by atomic mass is 35.5. The van der Waals surface area contributed by atoms with E-state index in [-0.39, 0.29) is 18.0 Å². The summed E-state index contributed by atoms with van der Waals surface area (Å²) in [6.07, 6.45) is 4.31. The van der Waals surface area contributed by atoms with E-state index in [0.29, 0.717) is 28.7 Å². The zero-order valence-electron chi connectivity index (χ0n) is 12.7. The van der Waals surface area contributed by atoms with Gasteiger partial charge >= 0.3 is 0 Å². The summed E-state index contributed by atoms with van der Waals surface area (Å²) < 4.78 is 3.48. The highest BCUT2D eigenvalue weighted by Gasteiger charge is 2.10. The van der Waals surface area contributed by atoms with E-state index in [1.807, 2.05) is 30.5 Å². The molecule has 0 aliphatic carbocycles. The second-order valence-corrected chi connectivity index (χ2v) is 6.10. The Bertz CT molecular complexity index is 915. The van der Waals surface area contributed by atoms with Crippen molar-refractivity contribution >= 4 is 41.3 Å². The summed E-state index contributed by atoms with van der Waals surface area (Å²) in [6.45, 7) is 4.40. The summed E-state index contributed by atoms with van der Waals surface area (Å²) in [5.74, 6) is 0. The Morgan fingerprint density at radius 3 is 2.61 bits per heavy atom. The zero-order valence-corrected chi connectivity index (χ0v) is 15.0. The van der Waals surface area contributed by atoms with Gasteiger partial charge in [0.1, 0.15) is 0 Å². The monoisotopic (exact) mass is 371 g/mol. The van der Waals surface area contributed by atoms with Crippen LogP contribution in [0.15, 0.2) is 35.4 Å². The lowest BCUT2D eigenvalue weighted by Crippen LogP contribution is -2.22. The molecule has 0 atom stereocenters. The van der Waals surface area contributed by atoms with Crippen LogP contribution in [0.3, 0.4) is 0 Å². The van der Waals surface area contributed by atoms with Crippen LogP contribution < -0.4 is 5.56 Å². The lowest BCUT2D eigenvalue weighted by atomic mass is 10.1. The Balaban J connectivity index is 0.00000192. The molecule has 0 spiro atoms. The largest absolute Gasteiger partial charge is 0.311 e. The fourth-order valence-corrected chi connectivity index (χ4v) is 2.95. The van der Waals surface area contributed by atoms with Crippen molar-refractivity contribution in [3.05, 3.63) is 67.9 Å². The van der Waals surface area contributed by atoms with Crippen LogP contribution in [-0.4, -0.2) is 14.0 Å². The standard InChI is InChI=1S/C16H15Cl2N3O.ClH/c1-10-11(2)21-8-7-20(16(22)15(21)19-10)6-5-12-3-4-13(17)9-14(12)18;/h3-4,7-9H,5-6H2,1-2H3;1H. The molecule has 2 aromatic heterocycles. The molecular weight excluding hydrogens is 357 g/mol. The first-order valence-corrected chi connectivity index (χ1v) is 7.71. The van der Waals surface area contributed by atoms with Crippen LogP contribution in [0, 0.1) is 13.8 Å². The van der Waals surface area contributed by atoms with E-state index in [2.05, 4.69) is 4.98 Å². The molecule has 0 saturated heterocycles. The van der Waals surface area contributed by atoms with Gasteiger partial charge in [-0.15, -0.1) is 12.4 Å². The van der Waals surface area contributed by atoms with E-state index in [0.717, 1.165) is 17.0 Å². The first kappa shape index (κ1) is 17.9. The number of imidazole rings is 1. The fraction of sp³-hybridized carbons (Fsp3) is 0.250. The summed E-state index contributed by atoms with van der Waals surface area (Å²) in [7, 11) is 0. The normalized spacial score (nSPS) is 10.8. The van der Waals surface area contributed by atoms with E-state index in [1.165, 1.54) is 0 Å². The summed E-state index contributed by atoms with van der Waals surface area (Å²) in [5, 5.41) is 1.23. The third kappa shape index (κ3) is 3.39. The van der Waals surface area contributed by atoms with E-state index in [4.69, 9.17) is 23.2 Å². The van der Waals surface area contributed by atoms with Gasteiger partial charge in [0.2, 0.25) is 5.65 Å². The van der Waals surface area contributed by atoms with E-state index >= 15 is 0 Å². The SMILES string of the molecule is Cc1nc2c(=O)n(CCc3ccc(Cl)cc3Cl)ccn2c1C.Cl. The summed E-state index contributed by atoms with van der Waals surface area (Å²) in [6, 6.07) is 5.40. The number of hydrogen-bond acceptors (Lipinski definition) is 2. The van der Waals surface area contributed by atoms with Crippen molar-refractivity contribution < 1.29 is 0 Å². The molecule has 0 fully saturated rings. The van der Waals surface area contributed by atoms with Gasteiger partial charge in [-0.25, -0.2) is 4.98 Å². The van der Waals surface area contributed by atoms with Crippen LogP contribution in [0.1, 0.15) is 17.0 Å². The van der Waals surface area contributed by atoms with Gasteiger partial charge in [-0.3, -0.25) is 9.20 Å². The van der Waals surface area contributed by atoms with Crippen molar-refractivity contribution in [3.63, 3.8) is 0 Å². The number of fused-ring (bicyclic) bond motifs is 1. The van der Waals surface area contributed by atoms with Crippen LogP contribution in [0.2, 0.25) is 10.0 Å². The Labute approximate surface area is 150 Å². The van der Waals surface area contributed by atoms with Crippen LogP contribution in [0.25, 0.3) is 5.65 Å². The number of nitrogens with zero attached hydrogens (tertiary/aromatic N) is 3. The molecule has 4 nitrogen and oxygen atoms in total. The number of aryl methyl sites for hydroxylation is 4. The Morgan fingerprint density at radius 2 is 1.91 bits per heavy atom. The van der Waals surface area contributed by atoms with Crippen molar-refractivity contribution in [2.75, 3.05) is 0 Å². The molecule has 0 saturated carbocycles. The zero-order chi connectivity index (χ0) is 15.9. The second-order valence-electron chi connectivity index (χ2n) is 5.26. The molecule has 3 aromatic rings. The minimum absolute atomic E-state index is 0. The lowest BCUT2D eigenvalue weighted by molar-refractivity contribution is 0.665.